The number of thiocarbonyl (C=S) groups is 1. The van der Waals surface area contributed by atoms with Gasteiger partial charge in [-0.15, -0.1) is 0 Å². The largest absolute Gasteiger partial charge is 0.462 e. The SMILES string of the molecule is CCOC(=O)c1cccc(NC(=S)NC(C)c2ccc(N3CCCC3)cc2)c1. The molecule has 1 aliphatic rings. The van der Waals surface area contributed by atoms with E-state index < -0.39 is 0 Å². The van der Waals surface area contributed by atoms with Crippen LogP contribution >= 0.6 is 12.2 Å². The van der Waals surface area contributed by atoms with E-state index in [9.17, 15) is 4.79 Å². The van der Waals surface area contributed by atoms with Crippen molar-refractivity contribution in [2.45, 2.75) is 32.7 Å². The van der Waals surface area contributed by atoms with E-state index in [4.69, 9.17) is 17.0 Å². The predicted molar refractivity (Wildman–Crippen MR) is 118 cm³/mol. The Kier molecular flexibility index (Phi) is 6.87. The van der Waals surface area contributed by atoms with Crippen molar-refractivity contribution in [3.05, 3.63) is 59.7 Å². The first-order chi connectivity index (χ1) is 13.6. The molecule has 2 aromatic carbocycles. The van der Waals surface area contributed by atoms with Gasteiger partial charge in [-0.2, -0.15) is 0 Å². The number of nitrogens with one attached hydrogen (secondary N) is 2. The molecule has 148 valence electrons. The third-order valence-corrected chi connectivity index (χ3v) is 5.06. The van der Waals surface area contributed by atoms with Crippen LogP contribution in [0.5, 0.6) is 0 Å². The van der Waals surface area contributed by atoms with E-state index in [2.05, 4.69) is 46.7 Å². The molecule has 1 unspecified atom stereocenters. The lowest BCUT2D eigenvalue weighted by molar-refractivity contribution is 0.0526. The highest BCUT2D eigenvalue weighted by molar-refractivity contribution is 7.80. The van der Waals surface area contributed by atoms with Crippen LogP contribution in [0.15, 0.2) is 48.5 Å². The molecule has 1 fully saturated rings. The van der Waals surface area contributed by atoms with E-state index in [0.717, 1.165) is 18.8 Å². The molecule has 0 bridgehead atoms. The summed E-state index contributed by atoms with van der Waals surface area (Å²) in [6.45, 7) is 6.51. The molecule has 0 aromatic heterocycles. The van der Waals surface area contributed by atoms with E-state index in [1.165, 1.54) is 24.1 Å². The van der Waals surface area contributed by atoms with Crippen molar-refractivity contribution in [2.75, 3.05) is 29.9 Å². The Balaban J connectivity index is 1.57. The first-order valence-electron chi connectivity index (χ1n) is 9.76. The van der Waals surface area contributed by atoms with Crippen molar-refractivity contribution in [2.24, 2.45) is 0 Å². The third-order valence-electron chi connectivity index (χ3n) is 4.84. The monoisotopic (exact) mass is 397 g/mol. The van der Waals surface area contributed by atoms with Crippen molar-refractivity contribution in [1.29, 1.82) is 0 Å². The smallest absolute Gasteiger partial charge is 0.338 e. The zero-order valence-corrected chi connectivity index (χ0v) is 17.2. The van der Waals surface area contributed by atoms with Gasteiger partial charge in [-0.3, -0.25) is 0 Å². The van der Waals surface area contributed by atoms with Gasteiger partial charge in [-0.05, 0) is 74.8 Å². The van der Waals surface area contributed by atoms with Crippen molar-refractivity contribution in [3.8, 4) is 0 Å². The van der Waals surface area contributed by atoms with Crippen LogP contribution in [-0.4, -0.2) is 30.8 Å². The van der Waals surface area contributed by atoms with E-state index >= 15 is 0 Å². The normalized spacial score (nSPS) is 14.4. The number of nitrogens with zero attached hydrogens (tertiary/aromatic N) is 1. The topological polar surface area (TPSA) is 53.6 Å². The fourth-order valence-corrected chi connectivity index (χ4v) is 3.63. The van der Waals surface area contributed by atoms with Crippen LogP contribution in [0.25, 0.3) is 0 Å². The average Bonchev–Trinajstić information content (AvgIpc) is 3.23. The third kappa shape index (κ3) is 5.23. The number of esters is 1. The van der Waals surface area contributed by atoms with Gasteiger partial charge < -0.3 is 20.3 Å². The maximum absolute atomic E-state index is 11.9. The van der Waals surface area contributed by atoms with Crippen molar-refractivity contribution in [3.63, 3.8) is 0 Å². The van der Waals surface area contributed by atoms with Crippen molar-refractivity contribution < 1.29 is 9.53 Å². The van der Waals surface area contributed by atoms with Crippen molar-refractivity contribution >= 4 is 34.7 Å². The summed E-state index contributed by atoms with van der Waals surface area (Å²) in [4.78, 5) is 14.3. The first kappa shape index (κ1) is 20.1. The minimum absolute atomic E-state index is 0.0702. The van der Waals surface area contributed by atoms with Crippen LogP contribution < -0.4 is 15.5 Å². The maximum atomic E-state index is 11.9. The Hall–Kier alpha value is -2.60. The Morgan fingerprint density at radius 1 is 1.18 bits per heavy atom. The summed E-state index contributed by atoms with van der Waals surface area (Å²) in [5, 5.41) is 6.95. The number of hydrogen-bond donors (Lipinski definition) is 2. The van der Waals surface area contributed by atoms with E-state index in [1.54, 1.807) is 25.1 Å². The molecule has 3 rings (SSSR count). The number of rotatable bonds is 6. The first-order valence-corrected chi connectivity index (χ1v) is 10.2. The van der Waals surface area contributed by atoms with Crippen LogP contribution in [0.3, 0.4) is 0 Å². The van der Waals surface area contributed by atoms with Crippen LogP contribution in [0.1, 0.15) is 48.7 Å². The molecule has 0 amide bonds. The van der Waals surface area contributed by atoms with Gasteiger partial charge in [-0.25, -0.2) is 4.79 Å². The molecule has 28 heavy (non-hydrogen) atoms. The van der Waals surface area contributed by atoms with Crippen LogP contribution in [0.4, 0.5) is 11.4 Å². The molecule has 0 radical (unpaired) electrons. The van der Waals surface area contributed by atoms with E-state index in [-0.39, 0.29) is 12.0 Å². The fourth-order valence-electron chi connectivity index (χ4n) is 3.33. The molecular weight excluding hydrogens is 370 g/mol. The lowest BCUT2D eigenvalue weighted by Crippen LogP contribution is -2.31. The van der Waals surface area contributed by atoms with Gasteiger partial charge in [-0.1, -0.05) is 18.2 Å². The Bertz CT molecular complexity index is 817. The zero-order valence-electron chi connectivity index (χ0n) is 16.4. The highest BCUT2D eigenvalue weighted by Gasteiger charge is 2.13. The molecule has 0 saturated carbocycles. The predicted octanol–water partition coefficient (Wildman–Crippen LogP) is 4.51. The number of benzene rings is 2. The molecule has 0 spiro atoms. The Morgan fingerprint density at radius 2 is 1.89 bits per heavy atom. The highest BCUT2D eigenvalue weighted by atomic mass is 32.1. The summed E-state index contributed by atoms with van der Waals surface area (Å²) in [6, 6.07) is 15.9. The van der Waals surface area contributed by atoms with Crippen LogP contribution in [0.2, 0.25) is 0 Å². The van der Waals surface area contributed by atoms with Gasteiger partial charge in [0, 0.05) is 24.5 Å². The Labute approximate surface area is 172 Å². The minimum Gasteiger partial charge on any atom is -0.462 e. The molecule has 1 atom stereocenters. The summed E-state index contributed by atoms with van der Waals surface area (Å²) in [5.74, 6) is -0.337. The summed E-state index contributed by atoms with van der Waals surface area (Å²) in [6.07, 6.45) is 2.55. The number of ether oxygens (including phenoxy) is 1. The van der Waals surface area contributed by atoms with Crippen molar-refractivity contribution in [1.82, 2.24) is 5.32 Å². The molecule has 1 aliphatic heterocycles. The second-order valence-corrected chi connectivity index (χ2v) is 7.32. The van der Waals surface area contributed by atoms with Gasteiger partial charge in [0.15, 0.2) is 5.11 Å². The quantitative estimate of drug-likeness (QED) is 0.552. The average molecular weight is 398 g/mol. The maximum Gasteiger partial charge on any atom is 0.338 e. The van der Waals surface area contributed by atoms with Gasteiger partial charge >= 0.3 is 5.97 Å². The summed E-state index contributed by atoms with van der Waals surface area (Å²) in [5.41, 5.74) is 3.71. The second-order valence-electron chi connectivity index (χ2n) is 6.91. The molecule has 0 aliphatic carbocycles. The van der Waals surface area contributed by atoms with Crippen LogP contribution in [-0.2, 0) is 4.74 Å². The summed E-state index contributed by atoms with van der Waals surface area (Å²) >= 11 is 5.44. The van der Waals surface area contributed by atoms with E-state index in [0.29, 0.717) is 17.3 Å². The van der Waals surface area contributed by atoms with E-state index in [1.807, 2.05) is 6.07 Å². The molecule has 1 saturated heterocycles. The standard InChI is InChI=1S/C22H27N3O2S/c1-3-27-21(26)18-7-6-8-19(15-18)24-22(28)23-16(2)17-9-11-20(12-10-17)25-13-4-5-14-25/h6-12,15-16H,3-5,13-14H2,1-2H3,(H2,23,24,28). The van der Waals surface area contributed by atoms with Gasteiger partial charge in [0.2, 0.25) is 0 Å². The molecular formula is C22H27N3O2S. The molecule has 5 nitrogen and oxygen atoms in total. The fraction of sp³-hybridized carbons (Fsp3) is 0.364. The van der Waals surface area contributed by atoms with Crippen LogP contribution in [0, 0.1) is 0 Å². The van der Waals surface area contributed by atoms with Gasteiger partial charge in [0.1, 0.15) is 0 Å². The highest BCUT2D eigenvalue weighted by Crippen LogP contribution is 2.22. The van der Waals surface area contributed by atoms with Gasteiger partial charge in [0.25, 0.3) is 0 Å². The molecule has 6 heteroatoms. The summed E-state index contributed by atoms with van der Waals surface area (Å²) in [7, 11) is 0. The number of carbonyl (C=O) groups excluding carboxylic acids is 1. The second kappa shape index (κ2) is 9.55. The zero-order chi connectivity index (χ0) is 19.9. The molecule has 2 aromatic rings. The Morgan fingerprint density at radius 3 is 2.57 bits per heavy atom. The van der Waals surface area contributed by atoms with Gasteiger partial charge in [0.05, 0.1) is 18.2 Å². The number of hydrogen-bond acceptors (Lipinski definition) is 4. The molecule has 2 N–H and O–H groups in total. The minimum atomic E-state index is -0.337. The lowest BCUT2D eigenvalue weighted by Gasteiger charge is -2.20. The number of carbonyl (C=O) groups is 1. The molecule has 1 heterocycles. The lowest BCUT2D eigenvalue weighted by atomic mass is 10.1. The number of anilines is 2. The summed E-state index contributed by atoms with van der Waals surface area (Å²) < 4.78 is 5.04.